The van der Waals surface area contributed by atoms with Crippen LogP contribution in [0.3, 0.4) is 0 Å². The van der Waals surface area contributed by atoms with Gasteiger partial charge in [-0.2, -0.15) is 13.2 Å². The highest BCUT2D eigenvalue weighted by Crippen LogP contribution is 2.34. The van der Waals surface area contributed by atoms with Gasteiger partial charge in [0.25, 0.3) is 0 Å². The zero-order chi connectivity index (χ0) is 16.3. The van der Waals surface area contributed by atoms with Crippen LogP contribution in [0.1, 0.15) is 36.5 Å². The Labute approximate surface area is 126 Å². The molecule has 3 atom stereocenters. The molecule has 1 aliphatic rings. The van der Waals surface area contributed by atoms with Crippen LogP contribution in [0.15, 0.2) is 24.3 Å². The third-order valence-electron chi connectivity index (χ3n) is 3.74. The molecule has 0 radical (unpaired) electrons. The molecule has 1 aromatic rings. The molecular formula is C15H18F3NO3. The molecule has 7 heteroatoms. The number of hydrogen-bond acceptors (Lipinski definition) is 4. The number of hydrogen-bond donors (Lipinski definition) is 1. The number of benzene rings is 1. The SMILES string of the molecule is COC(=O)C[C@@H]1CC[C@@H](N)[C@H](c2ccc(C(F)(F)F)cc2)O1. The summed E-state index contributed by atoms with van der Waals surface area (Å²) in [5.41, 5.74) is 5.86. The number of rotatable bonds is 3. The number of carbonyl (C=O) groups excluding carboxylic acids is 1. The van der Waals surface area contributed by atoms with Crippen LogP contribution in [0.5, 0.6) is 0 Å². The van der Waals surface area contributed by atoms with Crippen molar-refractivity contribution in [3.05, 3.63) is 35.4 Å². The Hall–Kier alpha value is -1.60. The normalized spacial score (nSPS) is 25.8. The number of esters is 1. The van der Waals surface area contributed by atoms with E-state index in [9.17, 15) is 18.0 Å². The smallest absolute Gasteiger partial charge is 0.416 e. The Morgan fingerprint density at radius 2 is 1.95 bits per heavy atom. The van der Waals surface area contributed by atoms with E-state index in [1.807, 2.05) is 0 Å². The molecule has 0 aromatic heterocycles. The second kappa shape index (κ2) is 6.66. The Bertz CT molecular complexity index is 516. The van der Waals surface area contributed by atoms with Gasteiger partial charge in [0.15, 0.2) is 0 Å². The van der Waals surface area contributed by atoms with Crippen molar-refractivity contribution < 1.29 is 27.4 Å². The van der Waals surface area contributed by atoms with Gasteiger partial charge < -0.3 is 15.2 Å². The lowest BCUT2D eigenvalue weighted by Gasteiger charge is -2.34. The first-order chi connectivity index (χ1) is 10.3. The van der Waals surface area contributed by atoms with Crippen molar-refractivity contribution in [1.29, 1.82) is 0 Å². The van der Waals surface area contributed by atoms with E-state index in [-0.39, 0.29) is 24.5 Å². The van der Waals surface area contributed by atoms with Gasteiger partial charge in [-0.25, -0.2) is 0 Å². The molecule has 0 spiro atoms. The minimum absolute atomic E-state index is 0.111. The number of ether oxygens (including phenoxy) is 2. The molecule has 122 valence electrons. The molecule has 2 rings (SSSR count). The fraction of sp³-hybridized carbons (Fsp3) is 0.533. The molecule has 1 fully saturated rings. The third kappa shape index (κ3) is 3.98. The van der Waals surface area contributed by atoms with Crippen LogP contribution in [0, 0.1) is 0 Å². The maximum absolute atomic E-state index is 12.6. The number of halogens is 3. The lowest BCUT2D eigenvalue weighted by Crippen LogP contribution is -2.39. The van der Waals surface area contributed by atoms with Gasteiger partial charge in [-0.15, -0.1) is 0 Å². The maximum Gasteiger partial charge on any atom is 0.416 e. The van der Waals surface area contributed by atoms with Crippen LogP contribution in [0.4, 0.5) is 13.2 Å². The van der Waals surface area contributed by atoms with E-state index in [1.54, 1.807) is 0 Å². The topological polar surface area (TPSA) is 61.5 Å². The number of nitrogens with two attached hydrogens (primary N) is 1. The predicted molar refractivity (Wildman–Crippen MR) is 72.9 cm³/mol. The average Bonchev–Trinajstić information content (AvgIpc) is 2.48. The molecule has 1 heterocycles. The van der Waals surface area contributed by atoms with Crippen molar-refractivity contribution in [1.82, 2.24) is 0 Å². The summed E-state index contributed by atoms with van der Waals surface area (Å²) in [5, 5.41) is 0. The van der Waals surface area contributed by atoms with Crippen molar-refractivity contribution in [3.63, 3.8) is 0 Å². The van der Waals surface area contributed by atoms with Gasteiger partial charge in [0.05, 0.1) is 31.3 Å². The first kappa shape index (κ1) is 16.8. The van der Waals surface area contributed by atoms with Gasteiger partial charge in [0.2, 0.25) is 0 Å². The Kier molecular flexibility index (Phi) is 5.08. The third-order valence-corrected chi connectivity index (χ3v) is 3.74. The van der Waals surface area contributed by atoms with Crippen molar-refractivity contribution in [2.24, 2.45) is 5.73 Å². The molecule has 2 N–H and O–H groups in total. The van der Waals surface area contributed by atoms with Crippen molar-refractivity contribution in [3.8, 4) is 0 Å². The monoisotopic (exact) mass is 317 g/mol. The van der Waals surface area contributed by atoms with E-state index >= 15 is 0 Å². The largest absolute Gasteiger partial charge is 0.469 e. The molecule has 0 unspecified atom stereocenters. The zero-order valence-electron chi connectivity index (χ0n) is 12.1. The van der Waals surface area contributed by atoms with Crippen LogP contribution in [0.25, 0.3) is 0 Å². The predicted octanol–water partition coefficient (Wildman–Crippen LogP) is 2.82. The Morgan fingerprint density at radius 1 is 1.32 bits per heavy atom. The first-order valence-corrected chi connectivity index (χ1v) is 6.96. The van der Waals surface area contributed by atoms with Crippen molar-refractivity contribution in [2.75, 3.05) is 7.11 Å². The van der Waals surface area contributed by atoms with E-state index in [0.29, 0.717) is 18.4 Å². The Balaban J connectivity index is 2.10. The molecule has 1 aliphatic heterocycles. The molecule has 0 amide bonds. The van der Waals surface area contributed by atoms with Gasteiger partial charge in [-0.3, -0.25) is 4.79 Å². The van der Waals surface area contributed by atoms with Gasteiger partial charge in [-0.1, -0.05) is 12.1 Å². The second-order valence-electron chi connectivity index (χ2n) is 5.32. The van der Waals surface area contributed by atoms with E-state index in [4.69, 9.17) is 10.5 Å². The van der Waals surface area contributed by atoms with Gasteiger partial charge in [-0.05, 0) is 30.5 Å². The fourth-order valence-electron chi connectivity index (χ4n) is 2.51. The maximum atomic E-state index is 12.6. The molecule has 0 aliphatic carbocycles. The summed E-state index contributed by atoms with van der Waals surface area (Å²) in [6.07, 6.45) is -3.87. The van der Waals surface area contributed by atoms with Crippen LogP contribution in [-0.2, 0) is 20.4 Å². The van der Waals surface area contributed by atoms with E-state index in [0.717, 1.165) is 12.1 Å². The summed E-state index contributed by atoms with van der Waals surface area (Å²) in [4.78, 5) is 11.3. The summed E-state index contributed by atoms with van der Waals surface area (Å²) in [5.74, 6) is -0.383. The summed E-state index contributed by atoms with van der Waals surface area (Å²) in [7, 11) is 1.30. The van der Waals surface area contributed by atoms with E-state index < -0.39 is 17.8 Å². The molecule has 0 bridgehead atoms. The summed E-state index contributed by atoms with van der Waals surface area (Å²) >= 11 is 0. The van der Waals surface area contributed by atoms with E-state index in [1.165, 1.54) is 19.2 Å². The highest BCUT2D eigenvalue weighted by molar-refractivity contribution is 5.69. The number of carbonyl (C=O) groups is 1. The summed E-state index contributed by atoms with van der Waals surface area (Å²) in [6, 6.07) is 4.44. The molecule has 1 aromatic carbocycles. The fourth-order valence-corrected chi connectivity index (χ4v) is 2.51. The van der Waals surface area contributed by atoms with Crippen LogP contribution in [-0.4, -0.2) is 25.2 Å². The highest BCUT2D eigenvalue weighted by Gasteiger charge is 2.33. The van der Waals surface area contributed by atoms with Crippen LogP contribution >= 0.6 is 0 Å². The van der Waals surface area contributed by atoms with Crippen LogP contribution < -0.4 is 5.73 Å². The number of alkyl halides is 3. The summed E-state index contributed by atoms with van der Waals surface area (Å²) < 4.78 is 48.1. The molecule has 1 saturated heterocycles. The minimum atomic E-state index is -4.37. The van der Waals surface area contributed by atoms with Crippen LogP contribution in [0.2, 0.25) is 0 Å². The van der Waals surface area contributed by atoms with Crippen molar-refractivity contribution >= 4 is 5.97 Å². The van der Waals surface area contributed by atoms with Gasteiger partial charge in [0, 0.05) is 6.04 Å². The minimum Gasteiger partial charge on any atom is -0.469 e. The standard InChI is InChI=1S/C15H18F3NO3/c1-21-13(20)8-11-6-7-12(19)14(22-11)9-2-4-10(5-3-9)15(16,17)18/h2-5,11-12,14H,6-8,19H2,1H3/t11-,12+,14-/m0/s1. The molecular weight excluding hydrogens is 299 g/mol. The molecule has 0 saturated carbocycles. The lowest BCUT2D eigenvalue weighted by molar-refractivity contribution is -0.147. The molecule has 4 nitrogen and oxygen atoms in total. The number of methoxy groups -OCH3 is 1. The van der Waals surface area contributed by atoms with Gasteiger partial charge in [0.1, 0.15) is 0 Å². The second-order valence-corrected chi connectivity index (χ2v) is 5.32. The quantitative estimate of drug-likeness (QED) is 0.871. The van der Waals surface area contributed by atoms with Crippen molar-refractivity contribution in [2.45, 2.75) is 43.7 Å². The lowest BCUT2D eigenvalue weighted by atomic mass is 9.92. The summed E-state index contributed by atoms with van der Waals surface area (Å²) in [6.45, 7) is 0. The zero-order valence-corrected chi connectivity index (χ0v) is 12.1. The average molecular weight is 317 g/mol. The highest BCUT2D eigenvalue weighted by atomic mass is 19.4. The molecule has 22 heavy (non-hydrogen) atoms. The Morgan fingerprint density at radius 3 is 2.50 bits per heavy atom. The first-order valence-electron chi connectivity index (χ1n) is 6.96. The van der Waals surface area contributed by atoms with E-state index in [2.05, 4.69) is 4.74 Å². The van der Waals surface area contributed by atoms with Gasteiger partial charge >= 0.3 is 12.1 Å².